The summed E-state index contributed by atoms with van der Waals surface area (Å²) in [6.07, 6.45) is 0.687. The third-order valence-electron chi connectivity index (χ3n) is 1.47. The number of carbonyl (C=O) groups excluding carboxylic acids is 1. The van der Waals surface area contributed by atoms with Gasteiger partial charge in [0.1, 0.15) is 6.61 Å². The molecule has 1 aromatic rings. The van der Waals surface area contributed by atoms with Gasteiger partial charge >= 0.3 is 6.09 Å². The fourth-order valence-corrected chi connectivity index (χ4v) is 1.12. The number of hydrogen-bond acceptors (Lipinski definition) is 4. The van der Waals surface area contributed by atoms with Crippen molar-refractivity contribution in [3.05, 3.63) is 27.4 Å². The highest BCUT2D eigenvalue weighted by molar-refractivity contribution is 7.71. The highest BCUT2D eigenvalue weighted by Crippen LogP contribution is 1.87. The number of nitrogens with one attached hydrogen (secondary N) is 1. The summed E-state index contributed by atoms with van der Waals surface area (Å²) in [6, 6.07) is 1.33. The van der Waals surface area contributed by atoms with E-state index in [1.807, 2.05) is 0 Å². The van der Waals surface area contributed by atoms with Crippen LogP contribution in [0.2, 0.25) is 0 Å². The molecule has 0 aliphatic carbocycles. The zero-order valence-electron chi connectivity index (χ0n) is 7.23. The minimum Gasteiger partial charge on any atom is -0.448 e. The molecule has 3 N–H and O–H groups in total. The van der Waals surface area contributed by atoms with E-state index in [0.717, 1.165) is 0 Å². The van der Waals surface area contributed by atoms with Gasteiger partial charge in [-0.25, -0.2) is 4.79 Å². The lowest BCUT2D eigenvalue weighted by molar-refractivity contribution is 0.152. The van der Waals surface area contributed by atoms with Crippen molar-refractivity contribution in [1.29, 1.82) is 0 Å². The summed E-state index contributed by atoms with van der Waals surface area (Å²) in [7, 11) is 0. The largest absolute Gasteiger partial charge is 0.448 e. The summed E-state index contributed by atoms with van der Waals surface area (Å²) >= 11 is 4.85. The number of hydrogen-bond donors (Lipinski definition) is 2. The molecule has 1 heterocycles. The van der Waals surface area contributed by atoms with E-state index in [9.17, 15) is 9.59 Å². The number of ether oxygens (including phenoxy) is 1. The average Bonchev–Trinajstić information content (AvgIpc) is 2.08. The molecular weight excluding hydrogens is 206 g/mol. The van der Waals surface area contributed by atoms with Gasteiger partial charge in [0, 0.05) is 12.3 Å². The van der Waals surface area contributed by atoms with Gasteiger partial charge in [0.15, 0.2) is 4.77 Å². The van der Waals surface area contributed by atoms with E-state index >= 15 is 0 Å². The van der Waals surface area contributed by atoms with Crippen molar-refractivity contribution in [3.63, 3.8) is 0 Å². The van der Waals surface area contributed by atoms with Crippen molar-refractivity contribution in [2.75, 3.05) is 6.61 Å². The van der Waals surface area contributed by atoms with E-state index in [1.165, 1.54) is 12.3 Å². The quantitative estimate of drug-likeness (QED) is 0.694. The Kier molecular flexibility index (Phi) is 3.41. The smallest absolute Gasteiger partial charge is 0.404 e. The first-order valence-electron chi connectivity index (χ1n) is 3.81. The van der Waals surface area contributed by atoms with Gasteiger partial charge in [0.2, 0.25) is 0 Å². The first kappa shape index (κ1) is 10.5. The maximum Gasteiger partial charge on any atom is 0.404 e. The summed E-state index contributed by atoms with van der Waals surface area (Å²) in [5.41, 5.74) is 4.50. The SMILES string of the molecule is NC(=O)OCCn1ccc(=O)[nH]c1=S. The first-order valence-corrected chi connectivity index (χ1v) is 4.22. The molecule has 0 aromatic carbocycles. The normalized spacial score (nSPS) is 9.71. The molecule has 14 heavy (non-hydrogen) atoms. The first-order chi connectivity index (χ1) is 6.59. The molecule has 0 spiro atoms. The Balaban J connectivity index is 2.64. The zero-order valence-corrected chi connectivity index (χ0v) is 8.04. The summed E-state index contributed by atoms with van der Waals surface area (Å²) in [4.78, 5) is 23.4. The van der Waals surface area contributed by atoms with Gasteiger partial charge in [-0.15, -0.1) is 0 Å². The molecule has 0 atom stereocenters. The molecule has 0 saturated heterocycles. The van der Waals surface area contributed by atoms with Crippen molar-refractivity contribution in [2.45, 2.75) is 6.54 Å². The Morgan fingerprint density at radius 1 is 1.71 bits per heavy atom. The molecule has 0 aliphatic heterocycles. The van der Waals surface area contributed by atoms with Gasteiger partial charge in [-0.05, 0) is 12.2 Å². The highest BCUT2D eigenvalue weighted by atomic mass is 32.1. The molecule has 6 nitrogen and oxygen atoms in total. The van der Waals surface area contributed by atoms with Crippen LogP contribution in [-0.2, 0) is 11.3 Å². The number of carbonyl (C=O) groups is 1. The Hall–Kier alpha value is -1.63. The van der Waals surface area contributed by atoms with Gasteiger partial charge in [0.25, 0.3) is 5.56 Å². The van der Waals surface area contributed by atoms with Crippen LogP contribution in [0.1, 0.15) is 0 Å². The van der Waals surface area contributed by atoms with Crippen molar-refractivity contribution in [3.8, 4) is 0 Å². The van der Waals surface area contributed by atoms with Crippen LogP contribution in [0, 0.1) is 4.77 Å². The van der Waals surface area contributed by atoms with E-state index in [1.54, 1.807) is 4.57 Å². The Morgan fingerprint density at radius 3 is 3.00 bits per heavy atom. The second-order valence-electron chi connectivity index (χ2n) is 2.47. The number of aromatic nitrogens is 2. The van der Waals surface area contributed by atoms with Gasteiger partial charge in [-0.1, -0.05) is 0 Å². The van der Waals surface area contributed by atoms with Gasteiger partial charge < -0.3 is 15.0 Å². The molecule has 76 valence electrons. The molecule has 7 heteroatoms. The van der Waals surface area contributed by atoms with Crippen molar-refractivity contribution in [1.82, 2.24) is 9.55 Å². The lowest BCUT2D eigenvalue weighted by Gasteiger charge is -2.05. The lowest BCUT2D eigenvalue weighted by atomic mass is 10.6. The maximum absolute atomic E-state index is 10.8. The van der Waals surface area contributed by atoms with Crippen LogP contribution in [0.3, 0.4) is 0 Å². The van der Waals surface area contributed by atoms with Crippen LogP contribution >= 0.6 is 12.2 Å². The summed E-state index contributed by atoms with van der Waals surface area (Å²) in [5, 5.41) is 0. The van der Waals surface area contributed by atoms with Crippen molar-refractivity contribution in [2.24, 2.45) is 5.73 Å². The van der Waals surface area contributed by atoms with Gasteiger partial charge in [0.05, 0.1) is 6.54 Å². The minimum atomic E-state index is -0.832. The average molecular weight is 215 g/mol. The molecule has 0 saturated carbocycles. The fourth-order valence-electron chi connectivity index (χ4n) is 0.865. The minimum absolute atomic E-state index is 0.121. The molecular formula is C7H9N3O3S. The van der Waals surface area contributed by atoms with Crippen molar-refractivity contribution < 1.29 is 9.53 Å². The molecule has 0 radical (unpaired) electrons. The zero-order chi connectivity index (χ0) is 10.6. The Morgan fingerprint density at radius 2 is 2.43 bits per heavy atom. The molecule has 1 rings (SSSR count). The molecule has 0 bridgehead atoms. The van der Waals surface area contributed by atoms with Crippen molar-refractivity contribution >= 4 is 18.3 Å². The monoisotopic (exact) mass is 215 g/mol. The van der Waals surface area contributed by atoms with Crippen LogP contribution < -0.4 is 11.3 Å². The fraction of sp³-hybridized carbons (Fsp3) is 0.286. The van der Waals surface area contributed by atoms with Crippen LogP contribution in [0.4, 0.5) is 4.79 Å². The third-order valence-corrected chi connectivity index (χ3v) is 1.81. The summed E-state index contributed by atoms with van der Waals surface area (Å²) in [6.45, 7) is 0.480. The molecule has 1 amide bonds. The molecule has 0 aliphatic rings. The van der Waals surface area contributed by atoms with E-state index in [4.69, 9.17) is 18.0 Å². The van der Waals surface area contributed by atoms with Gasteiger partial charge in [-0.3, -0.25) is 9.78 Å². The van der Waals surface area contributed by atoms with E-state index < -0.39 is 6.09 Å². The summed E-state index contributed by atoms with van der Waals surface area (Å²) in [5.74, 6) is 0. The molecule has 1 aromatic heterocycles. The summed E-state index contributed by atoms with van der Waals surface area (Å²) < 4.78 is 6.36. The second-order valence-corrected chi connectivity index (χ2v) is 2.86. The third kappa shape index (κ3) is 3.02. The number of rotatable bonds is 3. The van der Waals surface area contributed by atoms with E-state index in [2.05, 4.69) is 9.72 Å². The standard InChI is InChI=1S/C7H9N3O3S/c8-6(12)13-4-3-10-2-1-5(11)9-7(10)14/h1-2H,3-4H2,(H2,8,12)(H,9,11,14). The number of primary amides is 1. The topological polar surface area (TPSA) is 90.1 Å². The van der Waals surface area contributed by atoms with E-state index in [-0.39, 0.29) is 16.9 Å². The highest BCUT2D eigenvalue weighted by Gasteiger charge is 1.95. The van der Waals surface area contributed by atoms with Crippen LogP contribution in [0.15, 0.2) is 17.1 Å². The van der Waals surface area contributed by atoms with Crippen LogP contribution in [0.25, 0.3) is 0 Å². The number of H-pyrrole nitrogens is 1. The number of amides is 1. The number of nitrogens with two attached hydrogens (primary N) is 1. The molecule has 0 fully saturated rings. The second kappa shape index (κ2) is 4.56. The predicted octanol–water partition coefficient (Wildman–Crippen LogP) is 0.00119. The number of aromatic amines is 1. The number of nitrogens with zero attached hydrogens (tertiary/aromatic N) is 1. The molecule has 0 unspecified atom stereocenters. The Labute approximate surface area is 84.3 Å². The van der Waals surface area contributed by atoms with Crippen LogP contribution in [-0.4, -0.2) is 22.3 Å². The van der Waals surface area contributed by atoms with Gasteiger partial charge in [-0.2, -0.15) is 0 Å². The van der Waals surface area contributed by atoms with Crippen LogP contribution in [0.5, 0.6) is 0 Å². The maximum atomic E-state index is 10.8. The lowest BCUT2D eigenvalue weighted by Crippen LogP contribution is -2.18. The predicted molar refractivity (Wildman–Crippen MR) is 51.4 cm³/mol. The van der Waals surface area contributed by atoms with E-state index in [0.29, 0.717) is 6.54 Å². The Bertz CT molecular complexity index is 436.